The van der Waals surface area contributed by atoms with Crippen molar-refractivity contribution in [1.29, 1.82) is 0 Å². The maximum absolute atomic E-state index is 11.3. The average molecular weight is 287 g/mol. The van der Waals surface area contributed by atoms with Crippen LogP contribution in [0.25, 0.3) is 0 Å². The van der Waals surface area contributed by atoms with Crippen LogP contribution >= 0.6 is 0 Å². The van der Waals surface area contributed by atoms with Crippen LogP contribution in [0.4, 0.5) is 11.4 Å². The first-order valence-corrected chi connectivity index (χ1v) is 6.64. The van der Waals surface area contributed by atoms with Gasteiger partial charge in [0.1, 0.15) is 5.69 Å². The van der Waals surface area contributed by atoms with Crippen LogP contribution < -0.4 is 10.1 Å². The number of nitro benzene ring substituents is 1. The number of rotatable bonds is 6. The molecule has 0 aliphatic rings. The van der Waals surface area contributed by atoms with E-state index in [1.165, 1.54) is 0 Å². The molecular weight excluding hydrogens is 270 g/mol. The number of pyridine rings is 1. The Kier molecular flexibility index (Phi) is 4.71. The molecule has 2 aromatic rings. The minimum atomic E-state index is -0.424. The first kappa shape index (κ1) is 14.8. The lowest BCUT2D eigenvalue weighted by Crippen LogP contribution is -2.09. The van der Waals surface area contributed by atoms with Crippen LogP contribution in [0.3, 0.4) is 0 Å². The Labute approximate surface area is 122 Å². The summed E-state index contributed by atoms with van der Waals surface area (Å²) in [7, 11) is 0. The molecule has 0 spiro atoms. The summed E-state index contributed by atoms with van der Waals surface area (Å²) in [5, 5.41) is 14.4. The summed E-state index contributed by atoms with van der Waals surface area (Å²) < 4.78 is 5.51. The second kappa shape index (κ2) is 6.69. The molecule has 0 aliphatic carbocycles. The fraction of sp³-hybridized carbons (Fsp3) is 0.267. The smallest absolute Gasteiger partial charge is 0.333 e. The maximum atomic E-state index is 11.3. The van der Waals surface area contributed by atoms with Crippen LogP contribution in [-0.2, 0) is 6.54 Å². The first-order valence-electron chi connectivity index (χ1n) is 6.64. The van der Waals surface area contributed by atoms with Gasteiger partial charge < -0.3 is 10.1 Å². The number of para-hydroxylation sites is 1. The van der Waals surface area contributed by atoms with Gasteiger partial charge in [-0.1, -0.05) is 6.07 Å². The van der Waals surface area contributed by atoms with Gasteiger partial charge in [-0.3, -0.25) is 15.1 Å². The van der Waals surface area contributed by atoms with Gasteiger partial charge in [0.05, 0.1) is 11.0 Å². The standard InChI is InChI=1S/C15H17N3O3/c1-11(2)21-14-5-3-4-13(15(14)18(19)20)17-10-12-6-8-16-9-7-12/h3-9,11,17H,10H2,1-2H3. The highest BCUT2D eigenvalue weighted by Crippen LogP contribution is 2.35. The maximum Gasteiger partial charge on any atom is 0.333 e. The summed E-state index contributed by atoms with van der Waals surface area (Å²) in [6, 6.07) is 8.72. The van der Waals surface area contributed by atoms with Crippen molar-refractivity contribution in [2.75, 3.05) is 5.32 Å². The van der Waals surface area contributed by atoms with Crippen molar-refractivity contribution in [1.82, 2.24) is 4.98 Å². The molecule has 1 aromatic carbocycles. The van der Waals surface area contributed by atoms with E-state index in [0.717, 1.165) is 5.56 Å². The highest BCUT2D eigenvalue weighted by Gasteiger charge is 2.21. The zero-order valence-corrected chi connectivity index (χ0v) is 11.9. The molecule has 2 rings (SSSR count). The van der Waals surface area contributed by atoms with Gasteiger partial charge in [0.15, 0.2) is 5.75 Å². The van der Waals surface area contributed by atoms with Gasteiger partial charge >= 0.3 is 5.69 Å². The third kappa shape index (κ3) is 3.92. The van der Waals surface area contributed by atoms with Crippen molar-refractivity contribution >= 4 is 11.4 Å². The number of benzene rings is 1. The minimum Gasteiger partial charge on any atom is -0.484 e. The first-order chi connectivity index (χ1) is 10.1. The fourth-order valence-electron chi connectivity index (χ4n) is 1.90. The molecule has 6 heteroatoms. The SMILES string of the molecule is CC(C)Oc1cccc(NCc2ccncc2)c1[N+](=O)[O-]. The quantitative estimate of drug-likeness (QED) is 0.651. The molecule has 1 heterocycles. The summed E-state index contributed by atoms with van der Waals surface area (Å²) in [6.45, 7) is 4.15. The van der Waals surface area contributed by atoms with Crippen LogP contribution in [0.1, 0.15) is 19.4 Å². The van der Waals surface area contributed by atoms with Crippen LogP contribution in [0.15, 0.2) is 42.7 Å². The predicted molar refractivity (Wildman–Crippen MR) is 80.4 cm³/mol. The van der Waals surface area contributed by atoms with Crippen molar-refractivity contribution in [3.63, 3.8) is 0 Å². The van der Waals surface area contributed by atoms with Crippen molar-refractivity contribution in [3.05, 3.63) is 58.4 Å². The molecule has 0 atom stereocenters. The van der Waals surface area contributed by atoms with E-state index in [4.69, 9.17) is 4.74 Å². The van der Waals surface area contributed by atoms with Gasteiger partial charge in [0, 0.05) is 18.9 Å². The summed E-state index contributed by atoms with van der Waals surface area (Å²) >= 11 is 0. The van der Waals surface area contributed by atoms with Gasteiger partial charge in [-0.05, 0) is 43.7 Å². The summed E-state index contributed by atoms with van der Waals surface area (Å²) in [5.74, 6) is 0.273. The molecule has 0 amide bonds. The van der Waals surface area contributed by atoms with Crippen LogP contribution in [0, 0.1) is 10.1 Å². The second-order valence-electron chi connectivity index (χ2n) is 4.79. The molecule has 0 unspecified atom stereocenters. The van der Waals surface area contributed by atoms with E-state index in [1.807, 2.05) is 26.0 Å². The number of hydrogen-bond donors (Lipinski definition) is 1. The molecule has 0 aliphatic heterocycles. The Hall–Kier alpha value is -2.63. The highest BCUT2D eigenvalue weighted by molar-refractivity contribution is 5.68. The number of ether oxygens (including phenoxy) is 1. The van der Waals surface area contributed by atoms with Crippen LogP contribution in [-0.4, -0.2) is 16.0 Å². The summed E-state index contributed by atoms with van der Waals surface area (Å²) in [5.41, 5.74) is 1.39. The lowest BCUT2D eigenvalue weighted by molar-refractivity contribution is -0.385. The van der Waals surface area contributed by atoms with Gasteiger partial charge in [-0.15, -0.1) is 0 Å². The van der Waals surface area contributed by atoms with E-state index < -0.39 is 4.92 Å². The Balaban J connectivity index is 2.24. The second-order valence-corrected chi connectivity index (χ2v) is 4.79. The van der Waals surface area contributed by atoms with Gasteiger partial charge in [0.25, 0.3) is 0 Å². The summed E-state index contributed by atoms with van der Waals surface area (Å²) in [6.07, 6.45) is 3.24. The van der Waals surface area contributed by atoms with Crippen molar-refractivity contribution in [2.45, 2.75) is 26.5 Å². The normalized spacial score (nSPS) is 10.4. The number of aromatic nitrogens is 1. The van der Waals surface area contributed by atoms with E-state index in [0.29, 0.717) is 12.2 Å². The topological polar surface area (TPSA) is 77.3 Å². The lowest BCUT2D eigenvalue weighted by Gasteiger charge is -2.13. The number of nitro groups is 1. The fourth-order valence-corrected chi connectivity index (χ4v) is 1.90. The Bertz CT molecular complexity index is 615. The Morgan fingerprint density at radius 2 is 2.00 bits per heavy atom. The third-order valence-electron chi connectivity index (χ3n) is 2.78. The van der Waals surface area contributed by atoms with E-state index in [-0.39, 0.29) is 17.5 Å². The molecule has 0 fully saturated rings. The molecular formula is C15H17N3O3. The third-order valence-corrected chi connectivity index (χ3v) is 2.78. The Morgan fingerprint density at radius 1 is 1.29 bits per heavy atom. The van der Waals surface area contributed by atoms with Crippen LogP contribution in [0.5, 0.6) is 5.75 Å². The molecule has 0 saturated carbocycles. The highest BCUT2D eigenvalue weighted by atomic mass is 16.6. The largest absolute Gasteiger partial charge is 0.484 e. The van der Waals surface area contributed by atoms with E-state index in [9.17, 15) is 10.1 Å². The molecule has 0 saturated heterocycles. The zero-order chi connectivity index (χ0) is 15.2. The molecule has 0 bridgehead atoms. The number of nitrogens with zero attached hydrogens (tertiary/aromatic N) is 2. The number of hydrogen-bond acceptors (Lipinski definition) is 5. The van der Waals surface area contributed by atoms with Crippen molar-refractivity contribution in [3.8, 4) is 5.75 Å². The average Bonchev–Trinajstić information content (AvgIpc) is 2.45. The molecule has 1 N–H and O–H groups in total. The predicted octanol–water partition coefficient (Wildman–Crippen LogP) is 3.39. The minimum absolute atomic E-state index is 0.0414. The van der Waals surface area contributed by atoms with E-state index in [1.54, 1.807) is 30.6 Å². The van der Waals surface area contributed by atoms with E-state index >= 15 is 0 Å². The zero-order valence-electron chi connectivity index (χ0n) is 11.9. The lowest BCUT2D eigenvalue weighted by atomic mass is 10.2. The van der Waals surface area contributed by atoms with Crippen molar-refractivity contribution in [2.24, 2.45) is 0 Å². The molecule has 110 valence electrons. The van der Waals surface area contributed by atoms with Gasteiger partial charge in [0.2, 0.25) is 0 Å². The molecule has 21 heavy (non-hydrogen) atoms. The monoisotopic (exact) mass is 287 g/mol. The number of nitrogens with one attached hydrogen (secondary N) is 1. The van der Waals surface area contributed by atoms with Crippen LogP contribution in [0.2, 0.25) is 0 Å². The van der Waals surface area contributed by atoms with E-state index in [2.05, 4.69) is 10.3 Å². The van der Waals surface area contributed by atoms with Gasteiger partial charge in [-0.2, -0.15) is 0 Å². The van der Waals surface area contributed by atoms with Gasteiger partial charge in [-0.25, -0.2) is 0 Å². The molecule has 6 nitrogen and oxygen atoms in total. The number of anilines is 1. The summed E-state index contributed by atoms with van der Waals surface area (Å²) in [4.78, 5) is 14.8. The van der Waals surface area contributed by atoms with Crippen molar-refractivity contribution < 1.29 is 9.66 Å². The molecule has 1 aromatic heterocycles. The Morgan fingerprint density at radius 3 is 2.62 bits per heavy atom. The molecule has 0 radical (unpaired) electrons.